The van der Waals surface area contributed by atoms with Crippen LogP contribution in [0.15, 0.2) is 10.5 Å². The van der Waals surface area contributed by atoms with Crippen LogP contribution in [0.2, 0.25) is 0 Å². The Labute approximate surface area is 115 Å². The van der Waals surface area contributed by atoms with Gasteiger partial charge in [-0.3, -0.25) is 4.90 Å². The second kappa shape index (κ2) is 5.64. The van der Waals surface area contributed by atoms with Gasteiger partial charge in [-0.05, 0) is 32.9 Å². The van der Waals surface area contributed by atoms with Crippen molar-refractivity contribution in [2.24, 2.45) is 0 Å². The fourth-order valence-corrected chi connectivity index (χ4v) is 4.06. The molecular weight excluding hydrogens is 264 g/mol. The maximum atomic E-state index is 11.9. The van der Waals surface area contributed by atoms with Gasteiger partial charge in [0, 0.05) is 25.2 Å². The van der Waals surface area contributed by atoms with Crippen LogP contribution in [-0.2, 0) is 16.6 Å². The number of likely N-dealkylation sites (tertiary alicyclic amines) is 1. The van der Waals surface area contributed by atoms with Crippen molar-refractivity contribution in [2.45, 2.75) is 39.0 Å². The number of aryl methyl sites for hydroxylation is 2. The van der Waals surface area contributed by atoms with Crippen molar-refractivity contribution in [3.05, 3.63) is 23.2 Å². The first-order chi connectivity index (χ1) is 8.92. The van der Waals surface area contributed by atoms with Gasteiger partial charge in [-0.1, -0.05) is 6.92 Å². The minimum absolute atomic E-state index is 0.291. The number of rotatable bonds is 5. The van der Waals surface area contributed by atoms with Gasteiger partial charge in [-0.2, -0.15) is 0 Å². The summed E-state index contributed by atoms with van der Waals surface area (Å²) in [5.74, 6) is 1.83. The molecule has 2 heterocycles. The average molecular weight is 286 g/mol. The Morgan fingerprint density at radius 1 is 1.47 bits per heavy atom. The van der Waals surface area contributed by atoms with Crippen LogP contribution in [0.5, 0.6) is 0 Å². The van der Waals surface area contributed by atoms with Crippen LogP contribution in [0.25, 0.3) is 0 Å². The normalized spacial score (nSPS) is 21.1. The maximum Gasteiger partial charge on any atom is 0.215 e. The molecule has 0 aromatic carbocycles. The van der Waals surface area contributed by atoms with Crippen molar-refractivity contribution < 1.29 is 12.8 Å². The zero-order chi connectivity index (χ0) is 14.0. The van der Waals surface area contributed by atoms with Crippen molar-refractivity contribution in [1.29, 1.82) is 0 Å². The summed E-state index contributed by atoms with van der Waals surface area (Å²) in [4.78, 5) is 2.18. The van der Waals surface area contributed by atoms with Crippen LogP contribution >= 0.6 is 0 Å². The molecule has 0 bridgehead atoms. The highest BCUT2D eigenvalue weighted by atomic mass is 32.2. The predicted octanol–water partition coefficient (Wildman–Crippen LogP) is 1.41. The zero-order valence-electron chi connectivity index (χ0n) is 11.8. The molecule has 1 atom stereocenters. The van der Waals surface area contributed by atoms with Gasteiger partial charge in [0.25, 0.3) is 0 Å². The van der Waals surface area contributed by atoms with E-state index in [1.54, 1.807) is 0 Å². The Hall–Kier alpha value is -0.850. The second-order valence-corrected chi connectivity index (χ2v) is 7.17. The lowest BCUT2D eigenvalue weighted by molar-refractivity contribution is 0.328. The van der Waals surface area contributed by atoms with E-state index in [0.29, 0.717) is 19.5 Å². The lowest BCUT2D eigenvalue weighted by atomic mass is 10.2. The predicted molar refractivity (Wildman–Crippen MR) is 74.5 cm³/mol. The van der Waals surface area contributed by atoms with Gasteiger partial charge < -0.3 is 4.42 Å². The molecule has 1 fully saturated rings. The summed E-state index contributed by atoms with van der Waals surface area (Å²) in [5.41, 5.74) is 1.15. The van der Waals surface area contributed by atoms with E-state index in [1.807, 2.05) is 26.8 Å². The molecule has 1 aromatic rings. The molecule has 0 saturated carbocycles. The number of furan rings is 1. The van der Waals surface area contributed by atoms with E-state index in [2.05, 4.69) is 9.62 Å². The van der Waals surface area contributed by atoms with E-state index in [-0.39, 0.29) is 5.25 Å². The van der Waals surface area contributed by atoms with Crippen molar-refractivity contribution in [3.8, 4) is 0 Å². The van der Waals surface area contributed by atoms with Crippen LogP contribution in [0.3, 0.4) is 0 Å². The Morgan fingerprint density at radius 3 is 2.79 bits per heavy atom. The standard InChI is InChI=1S/C13H22N2O3S/c1-4-14-19(16,17)13-5-6-15(9-13)8-12-7-10(2)18-11(12)3/h7,13-14H,4-6,8-9H2,1-3H3/t13-/m1/s1. The Kier molecular flexibility index (Phi) is 4.32. The fourth-order valence-electron chi connectivity index (χ4n) is 2.59. The van der Waals surface area contributed by atoms with Crippen molar-refractivity contribution in [2.75, 3.05) is 19.6 Å². The maximum absolute atomic E-state index is 11.9. The number of sulfonamides is 1. The first-order valence-corrected chi connectivity index (χ1v) is 8.23. The summed E-state index contributed by atoms with van der Waals surface area (Å²) in [5, 5.41) is -0.291. The van der Waals surface area contributed by atoms with Gasteiger partial charge in [-0.15, -0.1) is 0 Å². The first-order valence-electron chi connectivity index (χ1n) is 6.69. The Balaban J connectivity index is 1.98. The molecule has 19 heavy (non-hydrogen) atoms. The van der Waals surface area contributed by atoms with E-state index < -0.39 is 10.0 Å². The van der Waals surface area contributed by atoms with E-state index in [0.717, 1.165) is 30.2 Å². The zero-order valence-corrected chi connectivity index (χ0v) is 12.6. The molecule has 1 saturated heterocycles. The van der Waals surface area contributed by atoms with Crippen molar-refractivity contribution in [3.63, 3.8) is 0 Å². The van der Waals surface area contributed by atoms with Gasteiger partial charge in [-0.25, -0.2) is 13.1 Å². The number of hydrogen-bond donors (Lipinski definition) is 1. The summed E-state index contributed by atoms with van der Waals surface area (Å²) < 4.78 is 32.0. The SMILES string of the molecule is CCNS(=O)(=O)[C@@H]1CCN(Cc2cc(C)oc2C)C1. The van der Waals surface area contributed by atoms with Crippen LogP contribution in [-0.4, -0.2) is 38.2 Å². The molecule has 1 aliphatic heterocycles. The van der Waals surface area contributed by atoms with E-state index in [9.17, 15) is 8.42 Å². The second-order valence-electron chi connectivity index (χ2n) is 5.13. The van der Waals surface area contributed by atoms with Crippen LogP contribution in [0.4, 0.5) is 0 Å². The third-order valence-electron chi connectivity index (χ3n) is 3.55. The van der Waals surface area contributed by atoms with Gasteiger partial charge in [0.05, 0.1) is 5.25 Å². The highest BCUT2D eigenvalue weighted by Gasteiger charge is 2.32. The molecule has 1 aromatic heterocycles. The average Bonchev–Trinajstić information content (AvgIpc) is 2.87. The first kappa shape index (κ1) is 14.6. The molecule has 5 nitrogen and oxygen atoms in total. The van der Waals surface area contributed by atoms with Crippen molar-refractivity contribution >= 4 is 10.0 Å². The molecule has 1 N–H and O–H groups in total. The summed E-state index contributed by atoms with van der Waals surface area (Å²) in [6, 6.07) is 2.03. The lowest BCUT2D eigenvalue weighted by Gasteiger charge is -2.15. The third-order valence-corrected chi connectivity index (χ3v) is 5.50. The van der Waals surface area contributed by atoms with Crippen LogP contribution in [0.1, 0.15) is 30.4 Å². The Morgan fingerprint density at radius 2 is 2.21 bits per heavy atom. The molecule has 0 aliphatic carbocycles. The molecule has 0 unspecified atom stereocenters. The molecule has 0 spiro atoms. The summed E-state index contributed by atoms with van der Waals surface area (Å²) >= 11 is 0. The van der Waals surface area contributed by atoms with E-state index >= 15 is 0 Å². The number of nitrogens with zero attached hydrogens (tertiary/aromatic N) is 1. The molecule has 0 amide bonds. The molecule has 0 radical (unpaired) electrons. The van der Waals surface area contributed by atoms with Gasteiger partial charge in [0.2, 0.25) is 10.0 Å². The lowest BCUT2D eigenvalue weighted by Crippen LogP contribution is -2.36. The largest absolute Gasteiger partial charge is 0.466 e. The molecule has 1 aliphatic rings. The molecular formula is C13H22N2O3S. The van der Waals surface area contributed by atoms with Gasteiger partial charge in [0.1, 0.15) is 11.5 Å². The van der Waals surface area contributed by atoms with Gasteiger partial charge >= 0.3 is 0 Å². The van der Waals surface area contributed by atoms with Crippen LogP contribution < -0.4 is 4.72 Å². The van der Waals surface area contributed by atoms with Crippen LogP contribution in [0, 0.1) is 13.8 Å². The monoisotopic (exact) mass is 286 g/mol. The highest BCUT2D eigenvalue weighted by molar-refractivity contribution is 7.90. The molecule has 108 valence electrons. The summed E-state index contributed by atoms with van der Waals surface area (Å²) in [7, 11) is -3.16. The van der Waals surface area contributed by atoms with E-state index in [4.69, 9.17) is 4.42 Å². The van der Waals surface area contributed by atoms with Crippen molar-refractivity contribution in [1.82, 2.24) is 9.62 Å². The fraction of sp³-hybridized carbons (Fsp3) is 0.692. The minimum Gasteiger partial charge on any atom is -0.466 e. The van der Waals surface area contributed by atoms with Gasteiger partial charge in [0.15, 0.2) is 0 Å². The molecule has 6 heteroatoms. The Bertz CT molecular complexity index is 536. The smallest absolute Gasteiger partial charge is 0.215 e. The topological polar surface area (TPSA) is 62.6 Å². The quantitative estimate of drug-likeness (QED) is 0.889. The third kappa shape index (κ3) is 3.38. The highest BCUT2D eigenvalue weighted by Crippen LogP contribution is 2.21. The summed E-state index contributed by atoms with van der Waals surface area (Å²) in [6.45, 7) is 8.32. The molecule has 2 rings (SSSR count). The number of hydrogen-bond acceptors (Lipinski definition) is 4. The van der Waals surface area contributed by atoms with E-state index in [1.165, 1.54) is 0 Å². The summed E-state index contributed by atoms with van der Waals surface area (Å²) in [6.07, 6.45) is 0.700. The number of nitrogens with one attached hydrogen (secondary N) is 1. The minimum atomic E-state index is -3.16.